The minimum atomic E-state index is -5.08. The van der Waals surface area contributed by atoms with Crippen LogP contribution in [0, 0.1) is 0 Å². The van der Waals surface area contributed by atoms with Crippen molar-refractivity contribution in [3.05, 3.63) is 83.5 Å². The van der Waals surface area contributed by atoms with Gasteiger partial charge in [0.05, 0.1) is 28.1 Å². The van der Waals surface area contributed by atoms with Gasteiger partial charge in [-0.05, 0) is 62.6 Å². The fourth-order valence-electron chi connectivity index (χ4n) is 3.31. The number of para-hydroxylation sites is 1. The number of hydrogen-bond donors (Lipinski definition) is 3. The second kappa shape index (κ2) is 12.4. The first-order valence-corrected chi connectivity index (χ1v) is 11.7. The summed E-state index contributed by atoms with van der Waals surface area (Å²) in [6, 6.07) is 21.1. The summed E-state index contributed by atoms with van der Waals surface area (Å²) in [6.07, 6.45) is -3.27. The van der Waals surface area contributed by atoms with Crippen LogP contribution in [-0.4, -0.2) is 65.0 Å². The van der Waals surface area contributed by atoms with Crippen LogP contribution in [0.5, 0.6) is 0 Å². The lowest BCUT2D eigenvalue weighted by Crippen LogP contribution is -2.31. The van der Waals surface area contributed by atoms with Gasteiger partial charge in [0, 0.05) is 29.7 Å². The normalized spacial score (nSPS) is 11.1. The number of nitrogens with zero attached hydrogens (tertiary/aromatic N) is 3. The van der Waals surface area contributed by atoms with E-state index in [0.717, 1.165) is 34.5 Å². The lowest BCUT2D eigenvalue weighted by molar-refractivity contribution is -0.192. The number of aromatic nitrogens is 2. The number of hydrogen-bond acceptors (Lipinski definition) is 5. The molecule has 0 aliphatic heterocycles. The van der Waals surface area contributed by atoms with Gasteiger partial charge in [0.15, 0.2) is 0 Å². The molecule has 0 radical (unpaired) electrons. The van der Waals surface area contributed by atoms with Gasteiger partial charge in [-0.1, -0.05) is 29.8 Å². The fraction of sp³-hybridized carbons (Fsp3) is 0.192. The highest BCUT2D eigenvalue weighted by Crippen LogP contribution is 2.28. The molecule has 0 unspecified atom stereocenters. The number of halogens is 4. The Bertz CT molecular complexity index is 1420. The molecule has 4 rings (SSSR count). The average molecular weight is 548 g/mol. The first kappa shape index (κ1) is 28.5. The van der Waals surface area contributed by atoms with Crippen molar-refractivity contribution in [2.75, 3.05) is 32.5 Å². The van der Waals surface area contributed by atoms with E-state index in [-0.39, 0.29) is 5.91 Å². The summed E-state index contributed by atoms with van der Waals surface area (Å²) in [7, 11) is 3.95. The number of anilines is 2. The fourth-order valence-corrected chi connectivity index (χ4v) is 3.49. The van der Waals surface area contributed by atoms with Gasteiger partial charge in [-0.25, -0.2) is 9.48 Å². The molecule has 0 fully saturated rings. The van der Waals surface area contributed by atoms with Gasteiger partial charge in [0.1, 0.15) is 0 Å². The van der Waals surface area contributed by atoms with Crippen LogP contribution in [0.3, 0.4) is 0 Å². The largest absolute Gasteiger partial charge is 0.490 e. The summed E-state index contributed by atoms with van der Waals surface area (Å²) < 4.78 is 33.6. The molecule has 0 saturated carbocycles. The number of carbonyl (C=O) groups excluding carboxylic acids is 1. The van der Waals surface area contributed by atoms with Crippen molar-refractivity contribution in [1.82, 2.24) is 20.0 Å². The van der Waals surface area contributed by atoms with Gasteiger partial charge in [0.2, 0.25) is 0 Å². The molecule has 0 saturated heterocycles. The van der Waals surface area contributed by atoms with E-state index in [0.29, 0.717) is 17.1 Å². The molecule has 200 valence electrons. The Morgan fingerprint density at radius 1 is 1.05 bits per heavy atom. The lowest BCUT2D eigenvalue weighted by atomic mass is 10.1. The maximum absolute atomic E-state index is 12.5. The molecular formula is C26H25ClF3N5O3. The number of carboxylic acid groups (broad SMARTS) is 1. The number of fused-ring (bicyclic) bond motifs is 1. The van der Waals surface area contributed by atoms with Crippen molar-refractivity contribution < 1.29 is 27.9 Å². The van der Waals surface area contributed by atoms with E-state index in [9.17, 15) is 18.0 Å². The third-order valence-electron chi connectivity index (χ3n) is 5.16. The van der Waals surface area contributed by atoms with Gasteiger partial charge in [0.25, 0.3) is 5.91 Å². The topological polar surface area (TPSA) is 99.5 Å². The van der Waals surface area contributed by atoms with Crippen molar-refractivity contribution in [3.8, 4) is 5.69 Å². The Labute approximate surface area is 221 Å². The number of rotatable bonds is 7. The maximum atomic E-state index is 12.5. The summed E-state index contributed by atoms with van der Waals surface area (Å²) in [5, 5.41) is 19.6. The number of nitrogens with one attached hydrogen (secondary N) is 2. The summed E-state index contributed by atoms with van der Waals surface area (Å²) in [4.78, 5) is 23.4. The molecule has 0 spiro atoms. The number of alkyl halides is 3. The van der Waals surface area contributed by atoms with Gasteiger partial charge < -0.3 is 20.6 Å². The van der Waals surface area contributed by atoms with E-state index in [1.54, 1.807) is 0 Å². The predicted octanol–water partition coefficient (Wildman–Crippen LogP) is 5.35. The molecule has 1 amide bonds. The van der Waals surface area contributed by atoms with Crippen LogP contribution in [0.4, 0.5) is 24.5 Å². The van der Waals surface area contributed by atoms with E-state index in [4.69, 9.17) is 21.5 Å². The number of benzene rings is 3. The Hall–Kier alpha value is -4.09. The maximum Gasteiger partial charge on any atom is 0.490 e. The first-order valence-electron chi connectivity index (χ1n) is 11.3. The van der Waals surface area contributed by atoms with E-state index in [2.05, 4.69) is 15.7 Å². The molecular weight excluding hydrogens is 523 g/mol. The predicted molar refractivity (Wildman–Crippen MR) is 140 cm³/mol. The minimum absolute atomic E-state index is 0.0913. The standard InChI is InChI=1S/C24H24ClN5O.C2HF3O2/c1-29(2)13-12-26-24(31)17-6-5-7-20(15-17)30-23-11-10-19(14-18(23)16-27-30)28-22-9-4-3-8-21(22)25;3-2(4,5)1(6)7/h3-11,14-16,28H,12-13H2,1-2H3,(H,26,31);(H,6,7). The van der Waals surface area contributed by atoms with E-state index < -0.39 is 12.1 Å². The van der Waals surface area contributed by atoms with Crippen LogP contribution in [0.1, 0.15) is 10.4 Å². The van der Waals surface area contributed by atoms with Crippen LogP contribution in [0.2, 0.25) is 5.02 Å². The molecule has 0 bridgehead atoms. The van der Waals surface area contributed by atoms with Crippen molar-refractivity contribution >= 4 is 45.8 Å². The Kier molecular flexibility index (Phi) is 9.32. The zero-order valence-electron chi connectivity index (χ0n) is 20.5. The molecule has 38 heavy (non-hydrogen) atoms. The monoisotopic (exact) mass is 547 g/mol. The zero-order valence-corrected chi connectivity index (χ0v) is 21.2. The van der Waals surface area contributed by atoms with E-state index in [1.165, 1.54) is 0 Å². The number of amides is 1. The van der Waals surface area contributed by atoms with Crippen LogP contribution in [0.15, 0.2) is 72.9 Å². The third kappa shape index (κ3) is 7.70. The molecule has 1 heterocycles. The average Bonchev–Trinajstić information content (AvgIpc) is 3.28. The van der Waals surface area contributed by atoms with Crippen LogP contribution < -0.4 is 10.6 Å². The number of aliphatic carboxylic acids is 1. The highest BCUT2D eigenvalue weighted by atomic mass is 35.5. The second-order valence-corrected chi connectivity index (χ2v) is 8.75. The summed E-state index contributed by atoms with van der Waals surface area (Å²) in [5.74, 6) is -2.85. The zero-order chi connectivity index (χ0) is 27.9. The van der Waals surface area contributed by atoms with Crippen LogP contribution in [0.25, 0.3) is 16.6 Å². The molecule has 0 atom stereocenters. The molecule has 4 aromatic rings. The van der Waals surface area contributed by atoms with Crippen molar-refractivity contribution in [1.29, 1.82) is 0 Å². The molecule has 1 aromatic heterocycles. The number of likely N-dealkylation sites (N-methyl/N-ethyl adjacent to an activating group) is 1. The Balaban J connectivity index is 0.000000505. The van der Waals surface area contributed by atoms with Gasteiger partial charge in [-0.15, -0.1) is 0 Å². The van der Waals surface area contributed by atoms with Crippen molar-refractivity contribution in [2.24, 2.45) is 0 Å². The Morgan fingerprint density at radius 3 is 2.42 bits per heavy atom. The second-order valence-electron chi connectivity index (χ2n) is 8.35. The van der Waals surface area contributed by atoms with Crippen LogP contribution in [-0.2, 0) is 4.79 Å². The highest BCUT2D eigenvalue weighted by molar-refractivity contribution is 6.33. The quantitative estimate of drug-likeness (QED) is 0.288. The van der Waals surface area contributed by atoms with Gasteiger partial charge >= 0.3 is 12.1 Å². The highest BCUT2D eigenvalue weighted by Gasteiger charge is 2.38. The van der Waals surface area contributed by atoms with Crippen molar-refractivity contribution in [2.45, 2.75) is 6.18 Å². The minimum Gasteiger partial charge on any atom is -0.475 e. The van der Waals surface area contributed by atoms with Crippen LogP contribution >= 0.6 is 11.6 Å². The number of carboxylic acids is 1. The van der Waals surface area contributed by atoms with Gasteiger partial charge in [-0.3, -0.25) is 4.79 Å². The first-order chi connectivity index (χ1) is 18.0. The van der Waals surface area contributed by atoms with E-state index >= 15 is 0 Å². The Morgan fingerprint density at radius 2 is 1.76 bits per heavy atom. The summed E-state index contributed by atoms with van der Waals surface area (Å²) in [6.45, 7) is 1.39. The summed E-state index contributed by atoms with van der Waals surface area (Å²) in [5.41, 5.74) is 4.17. The van der Waals surface area contributed by atoms with Crippen molar-refractivity contribution in [3.63, 3.8) is 0 Å². The van der Waals surface area contributed by atoms with Gasteiger partial charge in [-0.2, -0.15) is 18.3 Å². The lowest BCUT2D eigenvalue weighted by Gasteiger charge is -2.11. The SMILES string of the molecule is CN(C)CCNC(=O)c1cccc(-n2ncc3cc(Nc4ccccc4Cl)ccc32)c1.O=C(O)C(F)(F)F. The smallest absolute Gasteiger partial charge is 0.475 e. The van der Waals surface area contributed by atoms with E-state index in [1.807, 2.05) is 96.6 Å². The molecule has 8 nitrogen and oxygen atoms in total. The molecule has 3 aromatic carbocycles. The molecule has 12 heteroatoms. The third-order valence-corrected chi connectivity index (χ3v) is 5.49. The summed E-state index contributed by atoms with van der Waals surface area (Å²) >= 11 is 6.25. The molecule has 0 aliphatic carbocycles. The number of carbonyl (C=O) groups is 2. The molecule has 0 aliphatic rings. The molecule has 3 N–H and O–H groups in total.